The first-order chi connectivity index (χ1) is 12.1. The number of aliphatic hydroxyl groups excluding tert-OH is 2. The maximum Gasteiger partial charge on any atom is 0.151 e. The van der Waals surface area contributed by atoms with Gasteiger partial charge in [0.25, 0.3) is 0 Å². The van der Waals surface area contributed by atoms with E-state index >= 15 is 0 Å². The third-order valence-corrected chi connectivity index (χ3v) is 4.58. The number of hydrogen-bond donors (Lipinski definition) is 4. The Kier molecular flexibility index (Phi) is 7.61. The van der Waals surface area contributed by atoms with Crippen LogP contribution in [-0.2, 0) is 6.42 Å². The zero-order valence-electron chi connectivity index (χ0n) is 15.4. The van der Waals surface area contributed by atoms with Gasteiger partial charge in [0.1, 0.15) is 11.3 Å². The molecule has 0 aliphatic rings. The van der Waals surface area contributed by atoms with E-state index < -0.39 is 0 Å². The van der Waals surface area contributed by atoms with E-state index in [1.165, 1.54) is 5.56 Å². The van der Waals surface area contributed by atoms with E-state index in [4.69, 9.17) is 15.9 Å². The zero-order valence-corrected chi connectivity index (χ0v) is 15.4. The molecular weight excluding hydrogens is 318 g/mol. The van der Waals surface area contributed by atoms with Gasteiger partial charge in [-0.25, -0.2) is 9.97 Å². The first-order valence-corrected chi connectivity index (χ1v) is 9.12. The first kappa shape index (κ1) is 19.6. The van der Waals surface area contributed by atoms with Gasteiger partial charge < -0.3 is 20.9 Å². The Bertz CT molecular complexity index is 665. The number of nitrogens with one attached hydrogen (secondary N) is 1. The summed E-state index contributed by atoms with van der Waals surface area (Å²) in [6.45, 7) is 6.41. The molecule has 0 aromatic carbocycles. The molecule has 0 aliphatic heterocycles. The van der Waals surface area contributed by atoms with E-state index in [0.29, 0.717) is 24.7 Å². The Morgan fingerprint density at radius 3 is 2.32 bits per heavy atom. The van der Waals surface area contributed by atoms with Crippen LogP contribution >= 0.6 is 0 Å². The second-order valence-corrected chi connectivity index (χ2v) is 6.56. The Morgan fingerprint density at radius 2 is 1.64 bits per heavy atom. The summed E-state index contributed by atoms with van der Waals surface area (Å²) in [5, 5.41) is 18.0. The molecular formula is C18H31N5O2. The Balaban J connectivity index is 1.80. The van der Waals surface area contributed by atoms with Crippen molar-refractivity contribution in [2.45, 2.75) is 46.0 Å². The summed E-state index contributed by atoms with van der Waals surface area (Å²) >= 11 is 0. The minimum Gasteiger partial charge on any atom is -0.395 e. The van der Waals surface area contributed by atoms with Crippen molar-refractivity contribution in [3.8, 4) is 0 Å². The Labute approximate surface area is 149 Å². The Hall–Kier alpha value is -1.70. The maximum absolute atomic E-state index is 9.02. The normalized spacial score (nSPS) is 11.7. The largest absolute Gasteiger partial charge is 0.395 e. The van der Waals surface area contributed by atoms with Crippen LogP contribution in [0.25, 0.3) is 11.0 Å². The van der Waals surface area contributed by atoms with Gasteiger partial charge in [0.15, 0.2) is 5.82 Å². The summed E-state index contributed by atoms with van der Waals surface area (Å²) in [6.07, 6.45) is 5.47. The molecule has 7 heteroatoms. The molecule has 0 spiro atoms. The summed E-state index contributed by atoms with van der Waals surface area (Å²) in [5.74, 6) is 1.22. The molecule has 0 radical (unpaired) electrons. The Morgan fingerprint density at radius 1 is 0.960 bits per heavy atom. The molecule has 0 saturated carbocycles. The highest BCUT2D eigenvalue weighted by molar-refractivity contribution is 5.88. The number of aryl methyl sites for hydroxylation is 3. The number of fused-ring (bicyclic) bond motifs is 1. The number of aromatic amines is 1. The summed E-state index contributed by atoms with van der Waals surface area (Å²) < 4.78 is 0. The molecule has 2 heterocycles. The second-order valence-electron chi connectivity index (χ2n) is 6.56. The van der Waals surface area contributed by atoms with Crippen molar-refractivity contribution in [2.75, 3.05) is 38.6 Å². The van der Waals surface area contributed by atoms with Gasteiger partial charge in [0, 0.05) is 18.8 Å². The van der Waals surface area contributed by atoms with Gasteiger partial charge >= 0.3 is 0 Å². The molecule has 7 nitrogen and oxygen atoms in total. The van der Waals surface area contributed by atoms with E-state index in [1.54, 1.807) is 0 Å². The van der Waals surface area contributed by atoms with Crippen molar-refractivity contribution in [1.29, 1.82) is 0 Å². The highest BCUT2D eigenvalue weighted by Crippen LogP contribution is 2.25. The molecule has 0 amide bonds. The average Bonchev–Trinajstić information content (AvgIpc) is 2.87. The van der Waals surface area contributed by atoms with E-state index in [9.17, 15) is 0 Å². The third-order valence-electron chi connectivity index (χ3n) is 4.58. The SMILES string of the molecule is Cc1nc(N)c2[nH]c(C)c(CCCCCCN(CCO)CCO)c2n1. The number of anilines is 1. The highest BCUT2D eigenvalue weighted by atomic mass is 16.3. The minimum atomic E-state index is 0.143. The minimum absolute atomic E-state index is 0.143. The van der Waals surface area contributed by atoms with Crippen molar-refractivity contribution in [3.63, 3.8) is 0 Å². The van der Waals surface area contributed by atoms with Crippen LogP contribution in [0.5, 0.6) is 0 Å². The van der Waals surface area contributed by atoms with Gasteiger partial charge in [0.2, 0.25) is 0 Å². The van der Waals surface area contributed by atoms with Crippen LogP contribution in [0.2, 0.25) is 0 Å². The molecule has 0 aliphatic carbocycles. The number of H-pyrrole nitrogens is 1. The highest BCUT2D eigenvalue weighted by Gasteiger charge is 2.13. The first-order valence-electron chi connectivity index (χ1n) is 9.12. The van der Waals surface area contributed by atoms with E-state index in [2.05, 4.69) is 26.8 Å². The van der Waals surface area contributed by atoms with E-state index in [0.717, 1.165) is 55.4 Å². The van der Waals surface area contributed by atoms with Crippen LogP contribution < -0.4 is 5.73 Å². The molecule has 2 rings (SSSR count). The molecule has 0 fully saturated rings. The lowest BCUT2D eigenvalue weighted by Crippen LogP contribution is -2.30. The zero-order chi connectivity index (χ0) is 18.2. The lowest BCUT2D eigenvalue weighted by molar-refractivity contribution is 0.159. The maximum atomic E-state index is 9.02. The fourth-order valence-corrected chi connectivity index (χ4v) is 3.29. The van der Waals surface area contributed by atoms with Gasteiger partial charge in [-0.2, -0.15) is 0 Å². The molecule has 0 saturated heterocycles. The summed E-state index contributed by atoms with van der Waals surface area (Å²) in [7, 11) is 0. The molecule has 140 valence electrons. The smallest absolute Gasteiger partial charge is 0.151 e. The van der Waals surface area contributed by atoms with Crippen LogP contribution in [0.15, 0.2) is 0 Å². The van der Waals surface area contributed by atoms with Gasteiger partial charge in [0.05, 0.1) is 18.7 Å². The fraction of sp³-hybridized carbons (Fsp3) is 0.667. The molecule has 25 heavy (non-hydrogen) atoms. The number of nitrogens with zero attached hydrogens (tertiary/aromatic N) is 3. The van der Waals surface area contributed by atoms with Crippen molar-refractivity contribution in [2.24, 2.45) is 0 Å². The molecule has 0 unspecified atom stereocenters. The predicted molar refractivity (Wildman–Crippen MR) is 101 cm³/mol. The van der Waals surface area contributed by atoms with Crippen LogP contribution in [0.4, 0.5) is 5.82 Å². The van der Waals surface area contributed by atoms with Crippen LogP contribution in [0, 0.1) is 13.8 Å². The van der Waals surface area contributed by atoms with E-state index in [-0.39, 0.29) is 13.2 Å². The van der Waals surface area contributed by atoms with Gasteiger partial charge in [-0.15, -0.1) is 0 Å². The number of unbranched alkanes of at least 4 members (excludes halogenated alkanes) is 3. The molecule has 2 aromatic heterocycles. The van der Waals surface area contributed by atoms with Crippen molar-refractivity contribution >= 4 is 16.9 Å². The van der Waals surface area contributed by atoms with Crippen molar-refractivity contribution in [1.82, 2.24) is 19.9 Å². The van der Waals surface area contributed by atoms with Gasteiger partial charge in [-0.3, -0.25) is 4.90 Å². The topological polar surface area (TPSA) is 111 Å². The number of nitrogen functional groups attached to an aromatic ring is 1. The monoisotopic (exact) mass is 349 g/mol. The predicted octanol–water partition coefficient (Wildman–Crippen LogP) is 1.55. The summed E-state index contributed by atoms with van der Waals surface area (Å²) in [5.41, 5.74) is 10.2. The number of aliphatic hydroxyl groups is 2. The quantitative estimate of drug-likeness (QED) is 0.458. The number of nitrogens with two attached hydrogens (primary N) is 1. The second kappa shape index (κ2) is 9.70. The standard InChI is InChI=1S/C18H31N5O2/c1-13-15(16-17(20-13)18(19)22-14(2)21-16)7-5-3-4-6-8-23(9-11-24)10-12-25/h20,24-25H,3-12H2,1-2H3,(H2,19,21,22). The molecule has 2 aromatic rings. The van der Waals surface area contributed by atoms with Crippen molar-refractivity contribution < 1.29 is 10.2 Å². The molecule has 5 N–H and O–H groups in total. The lowest BCUT2D eigenvalue weighted by atomic mass is 10.1. The molecule has 0 atom stereocenters. The number of aromatic nitrogens is 3. The number of rotatable bonds is 11. The fourth-order valence-electron chi connectivity index (χ4n) is 3.29. The van der Waals surface area contributed by atoms with Gasteiger partial charge in [-0.1, -0.05) is 12.8 Å². The van der Waals surface area contributed by atoms with E-state index in [1.807, 2.05) is 6.92 Å². The summed E-state index contributed by atoms with van der Waals surface area (Å²) in [6, 6.07) is 0. The lowest BCUT2D eigenvalue weighted by Gasteiger charge is -2.19. The van der Waals surface area contributed by atoms with Crippen LogP contribution in [0.3, 0.4) is 0 Å². The average molecular weight is 349 g/mol. The van der Waals surface area contributed by atoms with Gasteiger partial charge in [-0.05, 0) is 45.2 Å². The molecule has 0 bridgehead atoms. The third kappa shape index (κ3) is 5.39. The van der Waals surface area contributed by atoms with Crippen LogP contribution in [0.1, 0.15) is 42.8 Å². The number of hydrogen-bond acceptors (Lipinski definition) is 6. The summed E-state index contributed by atoms with van der Waals surface area (Å²) in [4.78, 5) is 14.2. The van der Waals surface area contributed by atoms with Crippen LogP contribution in [-0.4, -0.2) is 62.9 Å². The van der Waals surface area contributed by atoms with Crippen molar-refractivity contribution in [3.05, 3.63) is 17.1 Å².